The molecule has 0 aliphatic carbocycles. The molecule has 1 aromatic heterocycles. The summed E-state index contributed by atoms with van der Waals surface area (Å²) < 4.78 is 19.3. The van der Waals surface area contributed by atoms with Crippen molar-refractivity contribution in [3.63, 3.8) is 0 Å². The molecule has 2 N–H and O–H groups in total. The van der Waals surface area contributed by atoms with Crippen molar-refractivity contribution in [2.45, 2.75) is 26.9 Å². The van der Waals surface area contributed by atoms with Gasteiger partial charge in [-0.1, -0.05) is 24.2 Å². The maximum absolute atomic E-state index is 14.2. The second-order valence-electron chi connectivity index (χ2n) is 8.86. The number of hydrogen-bond donors (Lipinski definition) is 2. The number of aryl methyl sites for hydroxylation is 1. The lowest BCUT2D eigenvalue weighted by molar-refractivity contribution is -0.145. The average molecular weight is 510 g/mol. The van der Waals surface area contributed by atoms with Crippen LogP contribution in [0.4, 0.5) is 10.1 Å². The molecule has 2 aromatic carbocycles. The summed E-state index contributed by atoms with van der Waals surface area (Å²) in [6, 6.07) is 12.3. The van der Waals surface area contributed by atoms with Crippen molar-refractivity contribution >= 4 is 17.5 Å². The van der Waals surface area contributed by atoms with Crippen LogP contribution >= 0.6 is 0 Å². The second-order valence-corrected chi connectivity index (χ2v) is 8.86. The number of hydrogen-bond acceptors (Lipinski definition) is 8. The maximum atomic E-state index is 14.2. The highest BCUT2D eigenvalue weighted by Crippen LogP contribution is 2.26. The topological polar surface area (TPSA) is 107 Å². The summed E-state index contributed by atoms with van der Waals surface area (Å²) in [6.45, 7) is 6.41. The molecule has 10 nitrogen and oxygen atoms in total. The quantitative estimate of drug-likeness (QED) is 0.379. The van der Waals surface area contributed by atoms with Crippen molar-refractivity contribution in [2.75, 3.05) is 44.7 Å². The van der Waals surface area contributed by atoms with Gasteiger partial charge < -0.3 is 20.1 Å². The standard InChI is InChI=1S/C26H32FN7O3/c1-4-28-12-13-29-24(35)16-33(21-10-8-19(9-11-21)26-30-18(2)37-31-26)17-25(36)32(3)34-14-20-6-5-7-23(27)22(20)15-34/h5-11,28H,4,12-17H2,1-3H3,(H,29,35). The number of carbonyl (C=O) groups excluding carboxylic acids is 2. The zero-order chi connectivity index (χ0) is 26.4. The Labute approximate surface area is 215 Å². The average Bonchev–Trinajstić information content (AvgIpc) is 3.53. The van der Waals surface area contributed by atoms with E-state index in [2.05, 4.69) is 20.8 Å². The van der Waals surface area contributed by atoms with E-state index in [4.69, 9.17) is 4.52 Å². The summed E-state index contributed by atoms with van der Waals surface area (Å²) in [6.07, 6.45) is 0. The van der Waals surface area contributed by atoms with Crippen molar-refractivity contribution < 1.29 is 18.5 Å². The molecular formula is C26H32FN7O3. The number of nitrogens with one attached hydrogen (secondary N) is 2. The van der Waals surface area contributed by atoms with Crippen molar-refractivity contribution in [1.29, 1.82) is 0 Å². The molecule has 11 heteroatoms. The van der Waals surface area contributed by atoms with Crippen LogP contribution in [0.15, 0.2) is 47.0 Å². The molecule has 0 fully saturated rings. The fourth-order valence-corrected chi connectivity index (χ4v) is 4.17. The smallest absolute Gasteiger partial charge is 0.256 e. The van der Waals surface area contributed by atoms with Crippen LogP contribution in [-0.4, -0.2) is 71.7 Å². The van der Waals surface area contributed by atoms with Crippen molar-refractivity contribution in [1.82, 2.24) is 30.8 Å². The lowest BCUT2D eigenvalue weighted by atomic mass is 10.1. The molecule has 0 bridgehead atoms. The van der Waals surface area contributed by atoms with Crippen LogP contribution in [-0.2, 0) is 22.7 Å². The summed E-state index contributed by atoms with van der Waals surface area (Å²) >= 11 is 0. The third-order valence-electron chi connectivity index (χ3n) is 6.25. The first-order chi connectivity index (χ1) is 17.9. The van der Waals surface area contributed by atoms with E-state index in [1.165, 1.54) is 11.1 Å². The SMILES string of the molecule is CCNCCNC(=O)CN(CC(=O)N(C)N1Cc2cccc(F)c2C1)c1ccc(-c2noc(C)n2)cc1. The molecule has 0 saturated carbocycles. The van der Waals surface area contributed by atoms with Crippen LogP contribution < -0.4 is 15.5 Å². The number of fused-ring (bicyclic) bond motifs is 1. The summed E-state index contributed by atoms with van der Waals surface area (Å²) in [5, 5.41) is 13.3. The molecule has 2 heterocycles. The number of amides is 2. The Bertz CT molecular complexity index is 1230. The predicted molar refractivity (Wildman–Crippen MR) is 137 cm³/mol. The second kappa shape index (κ2) is 11.9. The van der Waals surface area contributed by atoms with Gasteiger partial charge in [-0.05, 0) is 42.4 Å². The predicted octanol–water partition coefficient (Wildman–Crippen LogP) is 2.11. The van der Waals surface area contributed by atoms with Gasteiger partial charge in [0.05, 0.1) is 13.1 Å². The number of rotatable bonds is 11. The van der Waals surface area contributed by atoms with Crippen LogP contribution in [0.5, 0.6) is 0 Å². The van der Waals surface area contributed by atoms with Gasteiger partial charge in [-0.2, -0.15) is 4.98 Å². The van der Waals surface area contributed by atoms with Crippen LogP contribution in [0, 0.1) is 12.7 Å². The Hall–Kier alpha value is -3.83. The monoisotopic (exact) mass is 509 g/mol. The number of halogens is 1. The Morgan fingerprint density at radius 1 is 1.11 bits per heavy atom. The van der Waals surface area contributed by atoms with Gasteiger partial charge in [-0.15, -0.1) is 0 Å². The molecule has 3 aromatic rings. The Kier molecular flexibility index (Phi) is 8.47. The molecular weight excluding hydrogens is 477 g/mol. The van der Waals surface area contributed by atoms with E-state index in [1.807, 2.05) is 37.3 Å². The van der Waals surface area contributed by atoms with Crippen LogP contribution in [0.25, 0.3) is 11.4 Å². The minimum absolute atomic E-state index is 0.00121. The molecule has 196 valence electrons. The van der Waals surface area contributed by atoms with Gasteiger partial charge in [0, 0.05) is 57.0 Å². The highest BCUT2D eigenvalue weighted by atomic mass is 19.1. The highest BCUT2D eigenvalue weighted by molar-refractivity contribution is 5.86. The molecule has 37 heavy (non-hydrogen) atoms. The van der Waals surface area contributed by atoms with Gasteiger partial charge in [0.15, 0.2) is 0 Å². The molecule has 2 amide bonds. The van der Waals surface area contributed by atoms with Gasteiger partial charge in [0.2, 0.25) is 17.6 Å². The molecule has 0 atom stereocenters. The lowest BCUT2D eigenvalue weighted by Gasteiger charge is -2.31. The summed E-state index contributed by atoms with van der Waals surface area (Å²) in [5.41, 5.74) is 2.93. The molecule has 0 radical (unpaired) electrons. The number of hydrazine groups is 1. The number of nitrogens with zero attached hydrogens (tertiary/aromatic N) is 5. The highest BCUT2D eigenvalue weighted by Gasteiger charge is 2.28. The minimum atomic E-state index is -0.270. The van der Waals surface area contributed by atoms with Gasteiger partial charge >= 0.3 is 0 Å². The van der Waals surface area contributed by atoms with Gasteiger partial charge in [0.25, 0.3) is 5.91 Å². The number of anilines is 1. The summed E-state index contributed by atoms with van der Waals surface area (Å²) in [7, 11) is 1.67. The molecule has 0 unspecified atom stereocenters. The first-order valence-corrected chi connectivity index (χ1v) is 12.3. The number of benzene rings is 2. The maximum Gasteiger partial charge on any atom is 0.256 e. The minimum Gasteiger partial charge on any atom is -0.353 e. The largest absolute Gasteiger partial charge is 0.353 e. The van der Waals surface area contributed by atoms with E-state index < -0.39 is 0 Å². The van der Waals surface area contributed by atoms with Crippen LogP contribution in [0.2, 0.25) is 0 Å². The summed E-state index contributed by atoms with van der Waals surface area (Å²) in [4.78, 5) is 31.9. The molecule has 1 aliphatic heterocycles. The summed E-state index contributed by atoms with van der Waals surface area (Å²) in [5.74, 6) is 0.253. The zero-order valence-electron chi connectivity index (χ0n) is 21.3. The Morgan fingerprint density at radius 2 is 1.89 bits per heavy atom. The van der Waals surface area contributed by atoms with E-state index in [9.17, 15) is 14.0 Å². The van der Waals surface area contributed by atoms with Crippen LogP contribution in [0.3, 0.4) is 0 Å². The van der Waals surface area contributed by atoms with Gasteiger partial charge in [0.1, 0.15) is 5.82 Å². The first kappa shape index (κ1) is 26.2. The van der Waals surface area contributed by atoms with Gasteiger partial charge in [-0.25, -0.2) is 9.40 Å². The molecule has 4 rings (SSSR count). The van der Waals surface area contributed by atoms with Crippen molar-refractivity contribution in [3.8, 4) is 11.4 Å². The Balaban J connectivity index is 1.46. The fourth-order valence-electron chi connectivity index (χ4n) is 4.17. The van der Waals surface area contributed by atoms with E-state index >= 15 is 0 Å². The number of carbonyl (C=O) groups is 2. The van der Waals surface area contributed by atoms with Gasteiger partial charge in [-0.3, -0.25) is 14.6 Å². The van der Waals surface area contributed by atoms with E-state index in [-0.39, 0.29) is 30.7 Å². The van der Waals surface area contributed by atoms with E-state index in [0.29, 0.717) is 49.1 Å². The number of aromatic nitrogens is 2. The van der Waals surface area contributed by atoms with E-state index in [1.54, 1.807) is 29.9 Å². The normalized spacial score (nSPS) is 12.9. The van der Waals surface area contributed by atoms with Crippen molar-refractivity contribution in [3.05, 3.63) is 65.3 Å². The molecule has 1 aliphatic rings. The first-order valence-electron chi connectivity index (χ1n) is 12.3. The fraction of sp³-hybridized carbons (Fsp3) is 0.385. The van der Waals surface area contributed by atoms with E-state index in [0.717, 1.165) is 17.7 Å². The van der Waals surface area contributed by atoms with Crippen molar-refractivity contribution in [2.24, 2.45) is 0 Å². The third-order valence-corrected chi connectivity index (χ3v) is 6.25. The molecule has 0 saturated heterocycles. The lowest BCUT2D eigenvalue weighted by Crippen LogP contribution is -2.48. The third kappa shape index (κ3) is 6.49. The number of likely N-dealkylation sites (N-methyl/N-ethyl adjacent to an activating group) is 2. The molecule has 0 spiro atoms. The van der Waals surface area contributed by atoms with Crippen LogP contribution in [0.1, 0.15) is 23.9 Å². The Morgan fingerprint density at radius 3 is 2.57 bits per heavy atom. The zero-order valence-corrected chi connectivity index (χ0v) is 21.3.